The van der Waals surface area contributed by atoms with E-state index in [4.69, 9.17) is 4.74 Å². The second kappa shape index (κ2) is 5.39. The summed E-state index contributed by atoms with van der Waals surface area (Å²) in [4.78, 5) is 12.4. The van der Waals surface area contributed by atoms with Crippen LogP contribution in [0.15, 0.2) is 24.3 Å². The van der Waals surface area contributed by atoms with Gasteiger partial charge in [-0.1, -0.05) is 13.0 Å². The molecule has 0 radical (unpaired) electrons. The minimum absolute atomic E-state index is 0.107. The van der Waals surface area contributed by atoms with Crippen molar-refractivity contribution >= 4 is 5.91 Å². The number of likely N-dealkylation sites (N-methyl/N-ethyl adjacent to an activating group) is 1. The van der Waals surface area contributed by atoms with Crippen molar-refractivity contribution in [2.24, 2.45) is 17.3 Å². The van der Waals surface area contributed by atoms with E-state index in [1.165, 1.54) is 18.2 Å². The number of halogens is 2. The van der Waals surface area contributed by atoms with E-state index in [0.717, 1.165) is 17.7 Å². The molecule has 0 aliphatic heterocycles. The van der Waals surface area contributed by atoms with E-state index < -0.39 is 23.3 Å². The van der Waals surface area contributed by atoms with Crippen LogP contribution in [0.25, 0.3) is 11.3 Å². The van der Waals surface area contributed by atoms with Gasteiger partial charge in [-0.3, -0.25) is 4.79 Å². The third-order valence-electron chi connectivity index (χ3n) is 7.57. The molecule has 6 rings (SSSR count). The first-order valence-corrected chi connectivity index (χ1v) is 10.3. The number of nitrogens with one attached hydrogen (secondary N) is 1. The minimum atomic E-state index is -0.649. The zero-order valence-corrected chi connectivity index (χ0v) is 16.2. The third kappa shape index (κ3) is 1.81. The Bertz CT molecular complexity index is 1060. The number of nitrogens with zero attached hydrogens (tertiary/aromatic N) is 2. The SMILES string of the molecule is CCNC(=O)[C@H](CC)O[C@@]12c3nnc(-c4c(F)cccc4F)cc3[C@H]3CC14C3C42. The Morgan fingerprint density at radius 3 is 2.69 bits per heavy atom. The first-order chi connectivity index (χ1) is 14.0. The summed E-state index contributed by atoms with van der Waals surface area (Å²) < 4.78 is 34.9. The fourth-order valence-corrected chi connectivity index (χ4v) is 6.35. The van der Waals surface area contributed by atoms with Gasteiger partial charge in [-0.2, -0.15) is 5.10 Å². The number of amides is 1. The Labute approximate surface area is 166 Å². The maximum Gasteiger partial charge on any atom is 0.249 e. The van der Waals surface area contributed by atoms with Crippen molar-refractivity contribution in [1.82, 2.24) is 15.5 Å². The summed E-state index contributed by atoms with van der Waals surface area (Å²) >= 11 is 0. The number of rotatable bonds is 6. The highest BCUT2D eigenvalue weighted by molar-refractivity contribution is 5.81. The van der Waals surface area contributed by atoms with E-state index in [1.807, 2.05) is 13.8 Å². The first-order valence-electron chi connectivity index (χ1n) is 10.3. The quantitative estimate of drug-likeness (QED) is 0.813. The Hall–Kier alpha value is -2.41. The topological polar surface area (TPSA) is 64.1 Å². The highest BCUT2D eigenvalue weighted by Gasteiger charge is 3.06. The van der Waals surface area contributed by atoms with Crippen LogP contribution in [-0.4, -0.2) is 28.8 Å². The monoisotopic (exact) mass is 397 g/mol. The van der Waals surface area contributed by atoms with Crippen LogP contribution in [0.2, 0.25) is 0 Å². The number of hydrogen-bond acceptors (Lipinski definition) is 4. The molecule has 1 amide bonds. The Kier molecular flexibility index (Phi) is 3.24. The smallest absolute Gasteiger partial charge is 0.249 e. The standard InChI is InChI=1S/C22H21F2N3O2/c1-3-15(20(28)25-4-2)29-22-18-17-11(9-21(17,18)22)10-8-14(26-27-19(10)22)16-12(23)6-5-7-13(16)24/h5-8,11,15,17-18H,3-4,9H2,1-2H3,(H,25,28)/t11-,15+,17?,18?,21?,22+/m1/s1. The summed E-state index contributed by atoms with van der Waals surface area (Å²) in [7, 11) is 0. The van der Waals surface area contributed by atoms with Gasteiger partial charge >= 0.3 is 0 Å². The highest BCUT2D eigenvalue weighted by Crippen LogP contribution is 3.05. The predicted octanol–water partition coefficient (Wildman–Crippen LogP) is 3.30. The van der Waals surface area contributed by atoms with E-state index in [0.29, 0.717) is 30.7 Å². The van der Waals surface area contributed by atoms with E-state index in [-0.39, 0.29) is 22.6 Å². The van der Waals surface area contributed by atoms with Gasteiger partial charge in [0.2, 0.25) is 5.91 Å². The molecular weight excluding hydrogens is 376 g/mol. The lowest BCUT2D eigenvalue weighted by Crippen LogP contribution is -2.51. The number of fused-ring (bicyclic) bond motifs is 4. The molecule has 7 heteroatoms. The Balaban J connectivity index is 1.40. The summed E-state index contributed by atoms with van der Waals surface area (Å²) in [6.45, 7) is 4.37. The van der Waals surface area contributed by atoms with Crippen LogP contribution < -0.4 is 5.32 Å². The largest absolute Gasteiger partial charge is 0.355 e. The van der Waals surface area contributed by atoms with Crippen LogP contribution in [0, 0.1) is 28.9 Å². The number of benzene rings is 1. The number of carbonyl (C=O) groups is 1. The lowest BCUT2D eigenvalue weighted by atomic mass is 9.58. The van der Waals surface area contributed by atoms with Crippen LogP contribution in [-0.2, 0) is 15.1 Å². The zero-order valence-electron chi connectivity index (χ0n) is 16.2. The molecule has 6 atom stereocenters. The first kappa shape index (κ1) is 17.4. The average molecular weight is 397 g/mol. The van der Waals surface area contributed by atoms with Crippen LogP contribution in [0.3, 0.4) is 0 Å². The molecule has 3 unspecified atom stereocenters. The summed E-state index contributed by atoms with van der Waals surface area (Å²) in [5, 5.41) is 11.4. The average Bonchev–Trinajstić information content (AvgIpc) is 3.50. The molecule has 2 aromatic rings. The van der Waals surface area contributed by atoms with E-state index in [9.17, 15) is 13.6 Å². The van der Waals surface area contributed by atoms with Gasteiger partial charge in [0.1, 0.15) is 23.3 Å². The van der Waals surface area contributed by atoms with E-state index >= 15 is 0 Å². The van der Waals surface area contributed by atoms with E-state index in [2.05, 4.69) is 15.5 Å². The number of ether oxygens (including phenoxy) is 1. The maximum atomic E-state index is 14.2. The van der Waals surface area contributed by atoms with Crippen molar-refractivity contribution in [3.8, 4) is 11.3 Å². The van der Waals surface area contributed by atoms with Crippen molar-refractivity contribution in [3.05, 3.63) is 47.2 Å². The van der Waals surface area contributed by atoms with Gasteiger partial charge in [0, 0.05) is 17.9 Å². The molecule has 4 aliphatic rings. The fraction of sp³-hybridized carbons (Fsp3) is 0.500. The van der Waals surface area contributed by atoms with Crippen molar-refractivity contribution < 1.29 is 18.3 Å². The number of carbonyl (C=O) groups excluding carboxylic acids is 1. The number of hydrogen-bond donors (Lipinski definition) is 1. The molecule has 150 valence electrons. The predicted molar refractivity (Wildman–Crippen MR) is 99.7 cm³/mol. The second-order valence-electron chi connectivity index (χ2n) is 8.63. The van der Waals surface area contributed by atoms with Crippen LogP contribution in [0.5, 0.6) is 0 Å². The number of aromatic nitrogens is 2. The van der Waals surface area contributed by atoms with Gasteiger partial charge in [0.25, 0.3) is 0 Å². The van der Waals surface area contributed by atoms with Gasteiger partial charge in [0.15, 0.2) is 0 Å². The van der Waals surface area contributed by atoms with Crippen molar-refractivity contribution in [2.75, 3.05) is 6.54 Å². The van der Waals surface area contributed by atoms with Gasteiger partial charge in [-0.15, -0.1) is 5.10 Å². The molecule has 1 aromatic carbocycles. The second-order valence-corrected chi connectivity index (χ2v) is 8.63. The van der Waals surface area contributed by atoms with Crippen molar-refractivity contribution in [3.63, 3.8) is 0 Å². The summed E-state index contributed by atoms with van der Waals surface area (Å²) in [5.41, 5.74) is 1.37. The molecule has 1 heterocycles. The van der Waals surface area contributed by atoms with Gasteiger partial charge < -0.3 is 10.1 Å². The molecular formula is C22H21F2N3O2. The molecule has 1 aromatic heterocycles. The minimum Gasteiger partial charge on any atom is -0.355 e. The summed E-state index contributed by atoms with van der Waals surface area (Å²) in [6, 6.07) is 5.56. The molecule has 2 bridgehead atoms. The Morgan fingerprint density at radius 1 is 1.31 bits per heavy atom. The highest BCUT2D eigenvalue weighted by atomic mass is 19.1. The summed E-state index contributed by atoms with van der Waals surface area (Å²) in [5.74, 6) is -0.0994. The molecule has 1 N–H and O–H groups in total. The normalized spacial score (nSPS) is 35.1. The van der Waals surface area contributed by atoms with E-state index in [1.54, 1.807) is 6.07 Å². The molecule has 3 fully saturated rings. The molecule has 5 nitrogen and oxygen atoms in total. The zero-order chi connectivity index (χ0) is 20.1. The van der Waals surface area contributed by atoms with Crippen LogP contribution in [0.1, 0.15) is 43.9 Å². The fourth-order valence-electron chi connectivity index (χ4n) is 6.35. The Morgan fingerprint density at radius 2 is 2.07 bits per heavy atom. The lowest BCUT2D eigenvalue weighted by molar-refractivity contribution is -0.160. The molecule has 0 saturated heterocycles. The summed E-state index contributed by atoms with van der Waals surface area (Å²) in [6.07, 6.45) is 1.03. The lowest BCUT2D eigenvalue weighted by Gasteiger charge is -2.50. The van der Waals surface area contributed by atoms with Crippen LogP contribution >= 0.6 is 0 Å². The molecule has 3 saturated carbocycles. The molecule has 4 aliphatic carbocycles. The van der Waals surface area contributed by atoms with Gasteiger partial charge in [-0.25, -0.2) is 8.78 Å². The van der Waals surface area contributed by atoms with Gasteiger partial charge in [-0.05, 0) is 55.4 Å². The molecule has 1 spiro atoms. The van der Waals surface area contributed by atoms with Crippen LogP contribution in [0.4, 0.5) is 8.78 Å². The van der Waals surface area contributed by atoms with Crippen molar-refractivity contribution in [1.29, 1.82) is 0 Å². The molecule has 29 heavy (non-hydrogen) atoms. The van der Waals surface area contributed by atoms with Crippen molar-refractivity contribution in [2.45, 2.75) is 44.3 Å². The van der Waals surface area contributed by atoms with Gasteiger partial charge in [0.05, 0.1) is 17.0 Å². The third-order valence-corrected chi connectivity index (χ3v) is 7.57. The maximum absolute atomic E-state index is 14.2.